The average molecular weight is 190 g/mol. The highest BCUT2D eigenvalue weighted by Crippen LogP contribution is 2.34. The topological polar surface area (TPSA) is 29.1 Å². The summed E-state index contributed by atoms with van der Waals surface area (Å²) < 4.78 is 4.72. The van der Waals surface area contributed by atoms with Crippen LogP contribution in [0.5, 0.6) is 5.75 Å². The van der Waals surface area contributed by atoms with E-state index in [0.29, 0.717) is 4.90 Å². The average Bonchev–Trinajstić information content (AvgIpc) is 1.99. The first-order chi connectivity index (χ1) is 5.25. The van der Waals surface area contributed by atoms with Crippen LogP contribution in [0.1, 0.15) is 0 Å². The standard InChI is InChI=1S/C7H6ClO2S/c1-10-11-6-4-2-3-5(8)7(6)9/h2-4H,1H3. The normalized spacial score (nSPS) is 10.0. The highest BCUT2D eigenvalue weighted by Gasteiger charge is 2.06. The summed E-state index contributed by atoms with van der Waals surface area (Å²) in [6.45, 7) is 0. The van der Waals surface area contributed by atoms with E-state index < -0.39 is 0 Å². The van der Waals surface area contributed by atoms with Crippen LogP contribution < -0.4 is 0 Å². The van der Waals surface area contributed by atoms with E-state index >= 15 is 0 Å². The fourth-order valence-corrected chi connectivity index (χ4v) is 1.37. The quantitative estimate of drug-likeness (QED) is 0.669. The van der Waals surface area contributed by atoms with Gasteiger partial charge in [-0.25, -0.2) is 0 Å². The van der Waals surface area contributed by atoms with Crippen LogP contribution in [0.2, 0.25) is 5.02 Å². The third-order valence-electron chi connectivity index (χ3n) is 1.10. The molecule has 0 atom stereocenters. The van der Waals surface area contributed by atoms with Crippen molar-refractivity contribution in [3.05, 3.63) is 23.2 Å². The molecule has 1 aromatic rings. The fourth-order valence-electron chi connectivity index (χ4n) is 0.644. The smallest absolute Gasteiger partial charge is 0.212 e. The van der Waals surface area contributed by atoms with E-state index in [9.17, 15) is 5.11 Å². The van der Waals surface area contributed by atoms with Crippen molar-refractivity contribution in [3.63, 3.8) is 0 Å². The predicted octanol–water partition coefficient (Wildman–Crippen LogP) is 3.14. The van der Waals surface area contributed by atoms with Crippen molar-refractivity contribution in [2.45, 2.75) is 4.90 Å². The predicted molar refractivity (Wildman–Crippen MR) is 44.5 cm³/mol. The lowest BCUT2D eigenvalue weighted by Gasteiger charge is -1.99. The number of para-hydroxylation sites is 1. The molecule has 0 heterocycles. The molecule has 2 nitrogen and oxygen atoms in total. The maximum absolute atomic E-state index is 11.1. The van der Waals surface area contributed by atoms with E-state index in [1.165, 1.54) is 7.11 Å². The highest BCUT2D eigenvalue weighted by atomic mass is 35.5. The Kier molecular flexibility index (Phi) is 3.05. The molecular weight excluding hydrogens is 184 g/mol. The summed E-state index contributed by atoms with van der Waals surface area (Å²) in [5, 5.41) is 11.4. The fraction of sp³-hybridized carbons (Fsp3) is 0.143. The zero-order valence-electron chi connectivity index (χ0n) is 5.83. The van der Waals surface area contributed by atoms with Gasteiger partial charge >= 0.3 is 0 Å². The SMILES string of the molecule is COSc1cccc(Cl)c1[O]. The minimum Gasteiger partial charge on any atom is -0.313 e. The molecule has 0 N–H and O–H groups in total. The summed E-state index contributed by atoms with van der Waals surface area (Å²) in [6.07, 6.45) is 0. The Morgan fingerprint density at radius 2 is 2.27 bits per heavy atom. The van der Waals surface area contributed by atoms with Crippen LogP contribution in [0.3, 0.4) is 0 Å². The van der Waals surface area contributed by atoms with Crippen LogP contribution in [0.15, 0.2) is 23.1 Å². The molecule has 0 fully saturated rings. The Balaban J connectivity index is 2.96. The first-order valence-electron chi connectivity index (χ1n) is 2.92. The van der Waals surface area contributed by atoms with E-state index in [4.69, 9.17) is 15.8 Å². The van der Waals surface area contributed by atoms with Crippen molar-refractivity contribution >= 4 is 23.6 Å². The van der Waals surface area contributed by atoms with E-state index in [0.717, 1.165) is 12.0 Å². The van der Waals surface area contributed by atoms with Gasteiger partial charge in [-0.1, -0.05) is 17.7 Å². The first kappa shape index (κ1) is 8.71. The molecule has 1 aromatic carbocycles. The second-order valence-corrected chi connectivity index (χ2v) is 3.16. The molecule has 4 heteroatoms. The molecule has 0 unspecified atom stereocenters. The van der Waals surface area contributed by atoms with Crippen LogP contribution >= 0.6 is 23.6 Å². The molecule has 0 aliphatic heterocycles. The van der Waals surface area contributed by atoms with Crippen LogP contribution in [0.4, 0.5) is 0 Å². The summed E-state index contributed by atoms with van der Waals surface area (Å²) in [4.78, 5) is 0.514. The molecule has 11 heavy (non-hydrogen) atoms. The molecule has 1 rings (SSSR count). The van der Waals surface area contributed by atoms with E-state index in [1.807, 2.05) is 0 Å². The van der Waals surface area contributed by atoms with Gasteiger partial charge in [0.2, 0.25) is 5.75 Å². The molecule has 0 bridgehead atoms. The molecule has 0 aliphatic rings. The Bertz CT molecular complexity index is 252. The van der Waals surface area contributed by atoms with Crippen LogP contribution in [0.25, 0.3) is 0 Å². The summed E-state index contributed by atoms with van der Waals surface area (Å²) in [7, 11) is 1.50. The zero-order chi connectivity index (χ0) is 8.27. The molecule has 0 saturated carbocycles. The lowest BCUT2D eigenvalue weighted by Crippen LogP contribution is -1.74. The van der Waals surface area contributed by atoms with Gasteiger partial charge in [0.15, 0.2) is 0 Å². The minimum atomic E-state index is -0.180. The van der Waals surface area contributed by atoms with Gasteiger partial charge in [0.05, 0.1) is 17.0 Å². The van der Waals surface area contributed by atoms with E-state index in [1.54, 1.807) is 18.2 Å². The Labute approximate surface area is 74.3 Å². The summed E-state index contributed by atoms with van der Waals surface area (Å²) in [5.74, 6) is -0.180. The lowest BCUT2D eigenvalue weighted by atomic mass is 10.3. The highest BCUT2D eigenvalue weighted by molar-refractivity contribution is 7.94. The number of hydrogen-bond donors (Lipinski definition) is 0. The van der Waals surface area contributed by atoms with Crippen molar-refractivity contribution in [3.8, 4) is 5.75 Å². The van der Waals surface area contributed by atoms with Gasteiger partial charge in [0.1, 0.15) is 0 Å². The Morgan fingerprint density at radius 1 is 1.55 bits per heavy atom. The summed E-state index contributed by atoms with van der Waals surface area (Å²) in [6, 6.07) is 4.94. The maximum Gasteiger partial charge on any atom is 0.212 e. The van der Waals surface area contributed by atoms with Crippen LogP contribution in [-0.4, -0.2) is 7.11 Å². The summed E-state index contributed by atoms with van der Waals surface area (Å²) in [5.41, 5.74) is 0. The molecule has 0 saturated heterocycles. The van der Waals surface area contributed by atoms with Gasteiger partial charge in [0, 0.05) is 12.0 Å². The van der Waals surface area contributed by atoms with Gasteiger partial charge in [-0.15, -0.1) is 0 Å². The second kappa shape index (κ2) is 3.85. The largest absolute Gasteiger partial charge is 0.313 e. The van der Waals surface area contributed by atoms with Crippen molar-refractivity contribution in [2.24, 2.45) is 0 Å². The van der Waals surface area contributed by atoms with Gasteiger partial charge in [-0.3, -0.25) is 5.11 Å². The van der Waals surface area contributed by atoms with Gasteiger partial charge in [-0.05, 0) is 12.1 Å². The number of benzene rings is 1. The minimum absolute atomic E-state index is 0.180. The molecule has 1 radical (unpaired) electrons. The zero-order valence-corrected chi connectivity index (χ0v) is 7.41. The van der Waals surface area contributed by atoms with Crippen molar-refractivity contribution in [1.29, 1.82) is 0 Å². The number of rotatable bonds is 2. The van der Waals surface area contributed by atoms with Gasteiger partial charge in [0.25, 0.3) is 0 Å². The second-order valence-electron chi connectivity index (χ2n) is 1.82. The monoisotopic (exact) mass is 189 g/mol. The van der Waals surface area contributed by atoms with Crippen molar-refractivity contribution in [1.82, 2.24) is 0 Å². The summed E-state index contributed by atoms with van der Waals surface area (Å²) >= 11 is 6.59. The van der Waals surface area contributed by atoms with Crippen molar-refractivity contribution < 1.29 is 9.29 Å². The van der Waals surface area contributed by atoms with E-state index in [-0.39, 0.29) is 10.8 Å². The van der Waals surface area contributed by atoms with E-state index in [2.05, 4.69) is 0 Å². The molecule has 0 amide bonds. The van der Waals surface area contributed by atoms with Gasteiger partial charge < -0.3 is 4.18 Å². The molecule has 0 aliphatic carbocycles. The molecule has 0 spiro atoms. The maximum atomic E-state index is 11.1. The third kappa shape index (κ3) is 2.02. The van der Waals surface area contributed by atoms with Crippen LogP contribution in [-0.2, 0) is 9.29 Å². The van der Waals surface area contributed by atoms with Crippen LogP contribution in [0, 0.1) is 0 Å². The molecule has 0 aromatic heterocycles. The van der Waals surface area contributed by atoms with Crippen molar-refractivity contribution in [2.75, 3.05) is 7.11 Å². The first-order valence-corrected chi connectivity index (χ1v) is 4.04. The Morgan fingerprint density at radius 3 is 2.91 bits per heavy atom. The lowest BCUT2D eigenvalue weighted by molar-refractivity contribution is 0.343. The van der Waals surface area contributed by atoms with Gasteiger partial charge in [-0.2, -0.15) is 0 Å². The number of hydrogen-bond acceptors (Lipinski definition) is 2. The molecular formula is C7H6ClO2S. The molecule has 59 valence electrons. The number of halogens is 1. The third-order valence-corrected chi connectivity index (χ3v) is 2.07. The Hall–Kier alpha value is -0.380.